The summed E-state index contributed by atoms with van der Waals surface area (Å²) in [4.78, 5) is 16.6. The fourth-order valence-electron chi connectivity index (χ4n) is 4.11. The number of carbonyl (C=O) groups excluding carboxylic acids is 1. The molecule has 0 spiro atoms. The van der Waals surface area contributed by atoms with Crippen LogP contribution in [-0.4, -0.2) is 72.7 Å². The quantitative estimate of drug-likeness (QED) is 0.822. The van der Waals surface area contributed by atoms with E-state index < -0.39 is 6.10 Å². The van der Waals surface area contributed by atoms with Crippen molar-refractivity contribution in [2.45, 2.75) is 31.4 Å². The molecule has 142 valence electrons. The van der Waals surface area contributed by atoms with Gasteiger partial charge in [-0.15, -0.1) is 0 Å². The van der Waals surface area contributed by atoms with Gasteiger partial charge in [0, 0.05) is 50.7 Å². The summed E-state index contributed by atoms with van der Waals surface area (Å²) in [6.45, 7) is 5.94. The Labute approximate surface area is 155 Å². The molecule has 2 fully saturated rings. The molecule has 26 heavy (non-hydrogen) atoms. The zero-order valence-electron chi connectivity index (χ0n) is 15.3. The van der Waals surface area contributed by atoms with Crippen LogP contribution in [0.15, 0.2) is 24.3 Å². The SMILES string of the molecule is O=C(NCCN1CCN(C2COc3ccccc3[C@@H]2O)CC1)C1CCC1. The van der Waals surface area contributed by atoms with Crippen molar-refractivity contribution < 1.29 is 14.6 Å². The highest BCUT2D eigenvalue weighted by atomic mass is 16.5. The number of hydrogen-bond donors (Lipinski definition) is 2. The lowest BCUT2D eigenvalue weighted by atomic mass is 9.85. The number of nitrogens with one attached hydrogen (secondary N) is 1. The minimum atomic E-state index is -0.492. The third-order valence-corrected chi connectivity index (χ3v) is 6.09. The molecule has 1 aliphatic carbocycles. The molecule has 0 aromatic heterocycles. The first-order valence-corrected chi connectivity index (χ1v) is 9.86. The van der Waals surface area contributed by atoms with Crippen molar-refractivity contribution in [3.05, 3.63) is 29.8 Å². The van der Waals surface area contributed by atoms with Gasteiger partial charge >= 0.3 is 0 Å². The van der Waals surface area contributed by atoms with Crippen LogP contribution < -0.4 is 10.1 Å². The zero-order chi connectivity index (χ0) is 17.9. The van der Waals surface area contributed by atoms with Gasteiger partial charge in [0.2, 0.25) is 5.91 Å². The summed E-state index contributed by atoms with van der Waals surface area (Å²) >= 11 is 0. The van der Waals surface area contributed by atoms with Crippen molar-refractivity contribution in [3.8, 4) is 5.75 Å². The monoisotopic (exact) mass is 359 g/mol. The average Bonchev–Trinajstić information content (AvgIpc) is 2.62. The van der Waals surface area contributed by atoms with Gasteiger partial charge in [-0.25, -0.2) is 0 Å². The number of nitrogens with zero attached hydrogens (tertiary/aromatic N) is 2. The number of para-hydroxylation sites is 1. The predicted octanol–water partition coefficient (Wildman–Crippen LogP) is 1.01. The molecule has 1 aromatic rings. The van der Waals surface area contributed by atoms with Crippen molar-refractivity contribution in [1.29, 1.82) is 0 Å². The number of amides is 1. The largest absolute Gasteiger partial charge is 0.491 e. The summed E-state index contributed by atoms with van der Waals surface area (Å²) in [7, 11) is 0. The van der Waals surface area contributed by atoms with Gasteiger partial charge in [0.25, 0.3) is 0 Å². The van der Waals surface area contributed by atoms with Crippen LogP contribution in [0.3, 0.4) is 0 Å². The smallest absolute Gasteiger partial charge is 0.223 e. The Morgan fingerprint density at radius 2 is 1.96 bits per heavy atom. The van der Waals surface area contributed by atoms with Gasteiger partial charge < -0.3 is 15.2 Å². The van der Waals surface area contributed by atoms with E-state index in [-0.39, 0.29) is 17.9 Å². The summed E-state index contributed by atoms with van der Waals surface area (Å²) in [5, 5.41) is 13.8. The molecule has 4 rings (SSSR count). The minimum absolute atomic E-state index is 0.0189. The maximum Gasteiger partial charge on any atom is 0.223 e. The lowest BCUT2D eigenvalue weighted by molar-refractivity contribution is -0.127. The number of aliphatic hydroxyl groups excluding tert-OH is 1. The normalized spacial score (nSPS) is 27.3. The molecular formula is C20H29N3O3. The minimum Gasteiger partial charge on any atom is -0.491 e. The van der Waals surface area contributed by atoms with E-state index in [0.29, 0.717) is 6.61 Å². The molecule has 2 N–H and O–H groups in total. The van der Waals surface area contributed by atoms with Gasteiger partial charge in [-0.3, -0.25) is 14.6 Å². The van der Waals surface area contributed by atoms with Crippen molar-refractivity contribution >= 4 is 5.91 Å². The summed E-state index contributed by atoms with van der Waals surface area (Å²) in [6, 6.07) is 7.78. The van der Waals surface area contributed by atoms with Crippen LogP contribution in [0.5, 0.6) is 5.75 Å². The molecule has 6 heteroatoms. The van der Waals surface area contributed by atoms with Crippen molar-refractivity contribution in [2.75, 3.05) is 45.9 Å². The Kier molecular flexibility index (Phi) is 5.43. The molecule has 0 radical (unpaired) electrons. The Balaban J connectivity index is 1.22. The van der Waals surface area contributed by atoms with Gasteiger partial charge in [-0.2, -0.15) is 0 Å². The van der Waals surface area contributed by atoms with Crippen LogP contribution in [0.2, 0.25) is 0 Å². The number of hydrogen-bond acceptors (Lipinski definition) is 5. The van der Waals surface area contributed by atoms with E-state index in [9.17, 15) is 9.90 Å². The lowest BCUT2D eigenvalue weighted by Gasteiger charge is -2.42. The Morgan fingerprint density at radius 3 is 2.69 bits per heavy atom. The number of benzene rings is 1. The zero-order valence-corrected chi connectivity index (χ0v) is 15.3. The molecular weight excluding hydrogens is 330 g/mol. The maximum atomic E-state index is 11.9. The molecule has 1 unspecified atom stereocenters. The maximum absolute atomic E-state index is 11.9. The van der Waals surface area contributed by atoms with Crippen LogP contribution in [0, 0.1) is 5.92 Å². The van der Waals surface area contributed by atoms with Gasteiger partial charge in [0.05, 0.1) is 6.04 Å². The molecule has 6 nitrogen and oxygen atoms in total. The topological polar surface area (TPSA) is 65.0 Å². The molecule has 2 atom stereocenters. The number of fused-ring (bicyclic) bond motifs is 1. The fourth-order valence-corrected chi connectivity index (χ4v) is 4.11. The second kappa shape index (κ2) is 7.94. The van der Waals surface area contributed by atoms with E-state index in [1.807, 2.05) is 24.3 Å². The first kappa shape index (κ1) is 17.8. The van der Waals surface area contributed by atoms with E-state index in [0.717, 1.165) is 63.4 Å². The third-order valence-electron chi connectivity index (χ3n) is 6.09. The first-order chi connectivity index (χ1) is 12.7. The lowest BCUT2D eigenvalue weighted by Crippen LogP contribution is -2.55. The van der Waals surface area contributed by atoms with E-state index in [2.05, 4.69) is 15.1 Å². The second-order valence-electron chi connectivity index (χ2n) is 7.66. The highest BCUT2D eigenvalue weighted by Gasteiger charge is 2.35. The highest BCUT2D eigenvalue weighted by Crippen LogP contribution is 2.34. The molecule has 1 saturated heterocycles. The molecule has 1 aromatic carbocycles. The molecule has 2 heterocycles. The number of piperazine rings is 1. The molecule has 2 aliphatic heterocycles. The summed E-state index contributed by atoms with van der Waals surface area (Å²) in [5.74, 6) is 1.30. The van der Waals surface area contributed by atoms with Gasteiger partial charge in [-0.1, -0.05) is 24.6 Å². The molecule has 3 aliphatic rings. The molecule has 1 amide bonds. The fraction of sp³-hybridized carbons (Fsp3) is 0.650. The summed E-state index contributed by atoms with van der Waals surface area (Å²) < 4.78 is 5.85. The number of aliphatic hydroxyl groups is 1. The van der Waals surface area contributed by atoms with Crippen LogP contribution in [0.4, 0.5) is 0 Å². The van der Waals surface area contributed by atoms with Gasteiger partial charge in [0.15, 0.2) is 0 Å². The Hall–Kier alpha value is -1.63. The van der Waals surface area contributed by atoms with E-state index >= 15 is 0 Å². The van der Waals surface area contributed by atoms with Gasteiger partial charge in [0.1, 0.15) is 18.5 Å². The van der Waals surface area contributed by atoms with Crippen LogP contribution >= 0.6 is 0 Å². The van der Waals surface area contributed by atoms with Crippen molar-refractivity contribution in [3.63, 3.8) is 0 Å². The highest BCUT2D eigenvalue weighted by molar-refractivity contribution is 5.79. The summed E-state index contributed by atoms with van der Waals surface area (Å²) in [6.07, 6.45) is 2.81. The summed E-state index contributed by atoms with van der Waals surface area (Å²) in [5.41, 5.74) is 0.893. The Bertz CT molecular complexity index is 626. The van der Waals surface area contributed by atoms with Gasteiger partial charge in [-0.05, 0) is 18.9 Å². The van der Waals surface area contributed by atoms with E-state index in [1.54, 1.807) is 0 Å². The number of rotatable bonds is 5. The van der Waals surface area contributed by atoms with Crippen LogP contribution in [0.1, 0.15) is 30.9 Å². The van der Waals surface area contributed by atoms with Crippen molar-refractivity contribution in [1.82, 2.24) is 15.1 Å². The average molecular weight is 359 g/mol. The van der Waals surface area contributed by atoms with E-state index in [4.69, 9.17) is 4.74 Å². The molecule has 0 bridgehead atoms. The van der Waals surface area contributed by atoms with E-state index in [1.165, 1.54) is 6.42 Å². The molecule has 1 saturated carbocycles. The Morgan fingerprint density at radius 1 is 1.19 bits per heavy atom. The third kappa shape index (κ3) is 3.72. The standard InChI is InChI=1S/C20H29N3O3/c24-19-16-6-1-2-7-18(16)26-14-17(19)23-12-10-22(11-13-23)9-8-21-20(25)15-4-3-5-15/h1-2,6-7,15,17,19,24H,3-5,8-14H2,(H,21,25)/t17?,19-/m0/s1. The first-order valence-electron chi connectivity index (χ1n) is 9.86. The van der Waals surface area contributed by atoms with Crippen LogP contribution in [0.25, 0.3) is 0 Å². The number of ether oxygens (including phenoxy) is 1. The predicted molar refractivity (Wildman–Crippen MR) is 99.0 cm³/mol. The number of carbonyl (C=O) groups is 1. The van der Waals surface area contributed by atoms with Crippen molar-refractivity contribution in [2.24, 2.45) is 5.92 Å². The van der Waals surface area contributed by atoms with Crippen LogP contribution in [-0.2, 0) is 4.79 Å². The second-order valence-corrected chi connectivity index (χ2v) is 7.66.